The molecule has 0 saturated heterocycles. The molecule has 21 heavy (non-hydrogen) atoms. The van der Waals surface area contributed by atoms with E-state index in [4.69, 9.17) is 0 Å². The molecule has 0 aromatic heterocycles. The lowest BCUT2D eigenvalue weighted by Gasteiger charge is -2.23. The molecule has 2 aromatic rings. The maximum Gasteiger partial charge on any atom is 0.126 e. The Balaban J connectivity index is 2.16. The molecule has 0 fully saturated rings. The third-order valence-electron chi connectivity index (χ3n) is 3.81. The summed E-state index contributed by atoms with van der Waals surface area (Å²) < 4.78 is 27.0. The highest BCUT2D eigenvalue weighted by molar-refractivity contribution is 5.26. The van der Waals surface area contributed by atoms with Gasteiger partial charge in [0.25, 0.3) is 0 Å². The Morgan fingerprint density at radius 2 is 1.81 bits per heavy atom. The van der Waals surface area contributed by atoms with Gasteiger partial charge in [0, 0.05) is 12.1 Å². The Morgan fingerprint density at radius 3 is 2.43 bits per heavy atom. The Kier molecular flexibility index (Phi) is 5.07. The average Bonchev–Trinajstić information content (AvgIpc) is 2.47. The number of hydrogen-bond donors (Lipinski definition) is 1. The molecule has 0 amide bonds. The smallest absolute Gasteiger partial charge is 0.126 e. The zero-order valence-corrected chi connectivity index (χ0v) is 12.7. The van der Waals surface area contributed by atoms with Gasteiger partial charge >= 0.3 is 0 Å². The molecule has 0 aliphatic heterocycles. The van der Waals surface area contributed by atoms with Crippen molar-refractivity contribution < 1.29 is 8.78 Å². The molecule has 0 heterocycles. The lowest BCUT2D eigenvalue weighted by Crippen LogP contribution is -2.24. The lowest BCUT2D eigenvalue weighted by molar-refractivity contribution is 0.452. The van der Waals surface area contributed by atoms with Crippen molar-refractivity contribution in [1.82, 2.24) is 5.32 Å². The first-order valence-electron chi connectivity index (χ1n) is 7.28. The van der Waals surface area contributed by atoms with Crippen LogP contribution in [0.15, 0.2) is 42.5 Å². The minimum absolute atomic E-state index is 0.00619. The second kappa shape index (κ2) is 6.81. The molecule has 3 heteroatoms. The summed E-state index contributed by atoms with van der Waals surface area (Å²) in [4.78, 5) is 0. The van der Waals surface area contributed by atoms with Gasteiger partial charge in [0.2, 0.25) is 0 Å². The van der Waals surface area contributed by atoms with E-state index in [-0.39, 0.29) is 23.7 Å². The van der Waals surface area contributed by atoms with Crippen molar-refractivity contribution in [2.24, 2.45) is 0 Å². The van der Waals surface area contributed by atoms with E-state index in [1.54, 1.807) is 31.2 Å². The van der Waals surface area contributed by atoms with Gasteiger partial charge in [-0.05, 0) is 55.2 Å². The average molecular weight is 289 g/mol. The van der Waals surface area contributed by atoms with Crippen molar-refractivity contribution in [2.75, 3.05) is 0 Å². The van der Waals surface area contributed by atoms with Crippen LogP contribution in [0.5, 0.6) is 0 Å². The summed E-state index contributed by atoms with van der Waals surface area (Å²) in [6, 6.07) is 11.9. The number of nitrogens with one attached hydrogen (secondary N) is 1. The highest BCUT2D eigenvalue weighted by atomic mass is 19.1. The van der Waals surface area contributed by atoms with E-state index in [9.17, 15) is 8.78 Å². The maximum atomic E-state index is 13.7. The van der Waals surface area contributed by atoms with Crippen LogP contribution >= 0.6 is 0 Å². The van der Waals surface area contributed by atoms with Gasteiger partial charge in [-0.3, -0.25) is 0 Å². The van der Waals surface area contributed by atoms with Gasteiger partial charge in [0.05, 0.1) is 0 Å². The van der Waals surface area contributed by atoms with Crippen LogP contribution in [0.2, 0.25) is 0 Å². The van der Waals surface area contributed by atoms with Gasteiger partial charge in [-0.1, -0.05) is 31.2 Å². The number of aryl methyl sites for hydroxylation is 1. The largest absolute Gasteiger partial charge is 0.303 e. The zero-order valence-electron chi connectivity index (χ0n) is 12.7. The van der Waals surface area contributed by atoms with Crippen molar-refractivity contribution in [3.05, 3.63) is 70.8 Å². The first kappa shape index (κ1) is 15.6. The molecule has 2 unspecified atom stereocenters. The molecule has 0 radical (unpaired) electrons. The van der Waals surface area contributed by atoms with Crippen LogP contribution in [0, 0.1) is 18.6 Å². The van der Waals surface area contributed by atoms with Crippen LogP contribution < -0.4 is 5.32 Å². The molecule has 1 nitrogen and oxygen atoms in total. The molecule has 0 aliphatic carbocycles. The quantitative estimate of drug-likeness (QED) is 0.809. The minimum Gasteiger partial charge on any atom is -0.303 e. The Morgan fingerprint density at radius 1 is 1.05 bits per heavy atom. The van der Waals surface area contributed by atoms with Crippen molar-refractivity contribution in [2.45, 2.75) is 39.3 Å². The summed E-state index contributed by atoms with van der Waals surface area (Å²) in [5.41, 5.74) is 2.45. The SMILES string of the molecule is CCC(NC(C)c1ccc(C)c(F)c1)c1cccc(F)c1. The Hall–Kier alpha value is -1.74. The van der Waals surface area contributed by atoms with Crippen LogP contribution in [-0.2, 0) is 0 Å². The molecule has 2 rings (SSSR count). The molecule has 0 bridgehead atoms. The summed E-state index contributed by atoms with van der Waals surface area (Å²) in [6.07, 6.45) is 0.835. The van der Waals surface area contributed by atoms with Gasteiger partial charge < -0.3 is 5.32 Å². The molecule has 112 valence electrons. The van der Waals surface area contributed by atoms with Crippen LogP contribution in [0.4, 0.5) is 8.78 Å². The normalized spacial score (nSPS) is 14.0. The summed E-state index contributed by atoms with van der Waals surface area (Å²) in [7, 11) is 0. The van der Waals surface area contributed by atoms with Crippen LogP contribution in [0.1, 0.15) is 49.0 Å². The molecule has 0 saturated carbocycles. The van der Waals surface area contributed by atoms with E-state index in [0.29, 0.717) is 5.56 Å². The third kappa shape index (κ3) is 3.88. The molecule has 2 aromatic carbocycles. The van der Waals surface area contributed by atoms with Gasteiger partial charge in [0.15, 0.2) is 0 Å². The summed E-state index contributed by atoms with van der Waals surface area (Å²) in [6.45, 7) is 5.79. The third-order valence-corrected chi connectivity index (χ3v) is 3.81. The lowest BCUT2D eigenvalue weighted by atomic mass is 10.0. The van der Waals surface area contributed by atoms with Gasteiger partial charge in [-0.2, -0.15) is 0 Å². The standard InChI is InChI=1S/C18H21F2N/c1-4-18(15-6-5-7-16(19)10-15)21-13(3)14-9-8-12(2)17(20)11-14/h5-11,13,18,21H,4H2,1-3H3. The zero-order chi connectivity index (χ0) is 15.4. The Labute approximate surface area is 125 Å². The maximum absolute atomic E-state index is 13.7. The van der Waals surface area contributed by atoms with Gasteiger partial charge in [0.1, 0.15) is 11.6 Å². The molecule has 1 N–H and O–H groups in total. The molecular formula is C18H21F2N. The highest BCUT2D eigenvalue weighted by Gasteiger charge is 2.15. The summed E-state index contributed by atoms with van der Waals surface area (Å²) >= 11 is 0. The first-order chi connectivity index (χ1) is 10.0. The van der Waals surface area contributed by atoms with Gasteiger partial charge in [-0.15, -0.1) is 0 Å². The predicted octanol–water partition coefficient (Wildman–Crippen LogP) is 5.08. The predicted molar refractivity (Wildman–Crippen MR) is 82.1 cm³/mol. The number of halogens is 2. The molecular weight excluding hydrogens is 268 g/mol. The fourth-order valence-corrected chi connectivity index (χ4v) is 2.45. The van der Waals surface area contributed by atoms with Crippen LogP contribution in [0.25, 0.3) is 0 Å². The number of rotatable bonds is 5. The molecule has 2 atom stereocenters. The van der Waals surface area contributed by atoms with E-state index in [1.807, 2.05) is 26.0 Å². The summed E-state index contributed by atoms with van der Waals surface area (Å²) in [5, 5.41) is 3.44. The van der Waals surface area contributed by atoms with Crippen LogP contribution in [-0.4, -0.2) is 0 Å². The second-order valence-corrected chi connectivity index (χ2v) is 5.41. The second-order valence-electron chi connectivity index (χ2n) is 5.41. The fourth-order valence-electron chi connectivity index (χ4n) is 2.45. The van der Waals surface area contributed by atoms with Crippen molar-refractivity contribution >= 4 is 0 Å². The van der Waals surface area contributed by atoms with Gasteiger partial charge in [-0.25, -0.2) is 8.78 Å². The Bertz CT molecular complexity index is 610. The fraction of sp³-hybridized carbons (Fsp3) is 0.333. The molecule has 0 aliphatic rings. The topological polar surface area (TPSA) is 12.0 Å². The minimum atomic E-state index is -0.234. The van der Waals surface area contributed by atoms with E-state index >= 15 is 0 Å². The van der Waals surface area contributed by atoms with E-state index in [1.165, 1.54) is 6.07 Å². The highest BCUT2D eigenvalue weighted by Crippen LogP contribution is 2.23. The monoisotopic (exact) mass is 289 g/mol. The molecule has 0 spiro atoms. The van der Waals surface area contributed by atoms with Crippen LogP contribution in [0.3, 0.4) is 0 Å². The summed E-state index contributed by atoms with van der Waals surface area (Å²) in [5.74, 6) is -0.429. The van der Waals surface area contributed by atoms with Crippen molar-refractivity contribution in [1.29, 1.82) is 0 Å². The van der Waals surface area contributed by atoms with E-state index < -0.39 is 0 Å². The van der Waals surface area contributed by atoms with E-state index in [2.05, 4.69) is 5.32 Å². The van der Waals surface area contributed by atoms with Crippen molar-refractivity contribution in [3.63, 3.8) is 0 Å². The van der Waals surface area contributed by atoms with E-state index in [0.717, 1.165) is 17.5 Å². The van der Waals surface area contributed by atoms with Crippen molar-refractivity contribution in [3.8, 4) is 0 Å². The number of hydrogen-bond acceptors (Lipinski definition) is 1. The number of benzene rings is 2. The first-order valence-corrected chi connectivity index (χ1v) is 7.28.